The van der Waals surface area contributed by atoms with E-state index in [9.17, 15) is 9.36 Å². The van der Waals surface area contributed by atoms with E-state index in [-0.39, 0.29) is 18.3 Å². The SMILES string of the molecule is CC(C)OC(=O)[C@H](C)NP(=O)(CO[C@H](C)Cn1cnc2c(N)ncnc21)ON=C1CCOCC1. The molecule has 0 aromatic carbocycles. The van der Waals surface area contributed by atoms with Crippen LogP contribution in [-0.2, 0) is 34.7 Å². The quantitative estimate of drug-likeness (QED) is 0.265. The van der Waals surface area contributed by atoms with Gasteiger partial charge in [-0.25, -0.2) is 20.0 Å². The fourth-order valence-electron chi connectivity index (χ4n) is 3.18. The van der Waals surface area contributed by atoms with Gasteiger partial charge in [0.2, 0.25) is 0 Å². The van der Waals surface area contributed by atoms with Gasteiger partial charge in [-0.3, -0.25) is 9.36 Å². The molecule has 1 unspecified atom stereocenters. The number of imidazole rings is 1. The van der Waals surface area contributed by atoms with Crippen molar-refractivity contribution in [2.75, 3.05) is 25.3 Å². The van der Waals surface area contributed by atoms with Crippen molar-refractivity contribution < 1.29 is 28.2 Å². The number of hydrogen-bond acceptors (Lipinski definition) is 11. The summed E-state index contributed by atoms with van der Waals surface area (Å²) in [6.07, 6.45) is 3.09. The van der Waals surface area contributed by atoms with Gasteiger partial charge in [-0.15, -0.1) is 0 Å². The number of esters is 1. The molecule has 14 heteroatoms. The maximum Gasteiger partial charge on any atom is 0.364 e. The first-order chi connectivity index (χ1) is 16.2. The summed E-state index contributed by atoms with van der Waals surface area (Å²) in [5.74, 6) is -0.262. The predicted octanol–water partition coefficient (Wildman–Crippen LogP) is 2.08. The monoisotopic (exact) mass is 497 g/mol. The molecule has 188 valence electrons. The highest BCUT2D eigenvalue weighted by Crippen LogP contribution is 2.44. The Morgan fingerprint density at radius 2 is 2.00 bits per heavy atom. The van der Waals surface area contributed by atoms with Crippen molar-refractivity contribution >= 4 is 36.2 Å². The molecule has 13 nitrogen and oxygen atoms in total. The van der Waals surface area contributed by atoms with Gasteiger partial charge in [0.1, 0.15) is 24.2 Å². The molecule has 34 heavy (non-hydrogen) atoms. The Morgan fingerprint density at radius 1 is 1.26 bits per heavy atom. The van der Waals surface area contributed by atoms with Gasteiger partial charge < -0.3 is 29.1 Å². The zero-order valence-electron chi connectivity index (χ0n) is 19.8. The number of ether oxygens (including phenoxy) is 3. The van der Waals surface area contributed by atoms with Crippen molar-refractivity contribution in [3.8, 4) is 0 Å². The van der Waals surface area contributed by atoms with Crippen LogP contribution in [0.5, 0.6) is 0 Å². The number of anilines is 1. The Labute approximate surface area is 197 Å². The molecule has 2 aromatic heterocycles. The van der Waals surface area contributed by atoms with Crippen molar-refractivity contribution in [2.24, 2.45) is 5.16 Å². The number of aromatic nitrogens is 4. The molecule has 0 radical (unpaired) electrons. The summed E-state index contributed by atoms with van der Waals surface area (Å²) in [6, 6.07) is -0.890. The van der Waals surface area contributed by atoms with Crippen molar-refractivity contribution in [2.45, 2.75) is 65.3 Å². The van der Waals surface area contributed by atoms with E-state index in [1.54, 1.807) is 31.7 Å². The molecule has 3 rings (SSSR count). The van der Waals surface area contributed by atoms with E-state index in [0.717, 1.165) is 5.71 Å². The Hall–Kier alpha value is -2.60. The lowest BCUT2D eigenvalue weighted by Crippen LogP contribution is -2.36. The fraction of sp³-hybridized carbons (Fsp3) is 0.650. The molecule has 0 spiro atoms. The molecular weight excluding hydrogens is 465 g/mol. The molecule has 1 aliphatic heterocycles. The number of hydrogen-bond donors (Lipinski definition) is 2. The zero-order valence-corrected chi connectivity index (χ0v) is 20.7. The third-order valence-corrected chi connectivity index (χ3v) is 6.50. The van der Waals surface area contributed by atoms with Gasteiger partial charge in [-0.05, 0) is 27.7 Å². The smallest absolute Gasteiger partial charge is 0.364 e. The van der Waals surface area contributed by atoms with Crippen LogP contribution in [0.2, 0.25) is 0 Å². The molecule has 1 aliphatic rings. The van der Waals surface area contributed by atoms with Gasteiger partial charge in [0.25, 0.3) is 0 Å². The van der Waals surface area contributed by atoms with Crippen LogP contribution < -0.4 is 10.8 Å². The molecular formula is C20H32N7O6P. The topological polar surface area (TPSA) is 165 Å². The molecule has 3 atom stereocenters. The highest BCUT2D eigenvalue weighted by molar-refractivity contribution is 7.56. The summed E-state index contributed by atoms with van der Waals surface area (Å²) in [4.78, 5) is 24.6. The Kier molecular flexibility index (Phi) is 8.95. The minimum absolute atomic E-state index is 0.286. The first-order valence-corrected chi connectivity index (χ1v) is 12.9. The van der Waals surface area contributed by atoms with E-state index < -0.39 is 25.6 Å². The highest BCUT2D eigenvalue weighted by Gasteiger charge is 2.32. The summed E-state index contributed by atoms with van der Waals surface area (Å²) in [6.45, 7) is 8.25. The lowest BCUT2D eigenvalue weighted by atomic mass is 10.2. The van der Waals surface area contributed by atoms with E-state index in [0.29, 0.717) is 43.8 Å². The molecule has 3 heterocycles. The summed E-state index contributed by atoms with van der Waals surface area (Å²) in [5, 5.41) is 6.79. The number of nitrogen functional groups attached to an aromatic ring is 1. The highest BCUT2D eigenvalue weighted by atomic mass is 31.2. The Balaban J connectivity index is 1.67. The molecule has 0 bridgehead atoms. The molecule has 0 amide bonds. The number of nitrogens with two attached hydrogens (primary N) is 1. The van der Waals surface area contributed by atoms with Gasteiger partial charge in [-0.1, -0.05) is 5.16 Å². The van der Waals surface area contributed by atoms with Crippen LogP contribution in [0.1, 0.15) is 40.5 Å². The lowest BCUT2D eigenvalue weighted by Gasteiger charge is -2.24. The summed E-state index contributed by atoms with van der Waals surface area (Å²) >= 11 is 0. The Morgan fingerprint density at radius 3 is 2.71 bits per heavy atom. The second kappa shape index (κ2) is 11.7. The average molecular weight is 497 g/mol. The molecule has 2 aromatic rings. The second-order valence-corrected chi connectivity index (χ2v) is 10.3. The minimum Gasteiger partial charge on any atom is -0.462 e. The second-order valence-electron chi connectivity index (χ2n) is 8.30. The first kappa shape index (κ1) is 26.0. The van der Waals surface area contributed by atoms with Gasteiger partial charge in [0, 0.05) is 12.8 Å². The van der Waals surface area contributed by atoms with Crippen molar-refractivity contribution in [1.29, 1.82) is 0 Å². The maximum absolute atomic E-state index is 13.6. The average Bonchev–Trinajstić information content (AvgIpc) is 3.21. The van der Waals surface area contributed by atoms with E-state index in [1.165, 1.54) is 6.33 Å². The van der Waals surface area contributed by atoms with Crippen LogP contribution >= 0.6 is 7.52 Å². The number of carbonyl (C=O) groups excluding carboxylic acids is 1. The standard InChI is InChI=1S/C20H32N7O6P/c1-13(2)32-20(28)15(4)26-34(29,33-25-16-5-7-30-8-6-16)12-31-14(3)9-27-11-24-17-18(21)22-10-23-19(17)27/h10-11,13-15H,5-9,12H2,1-4H3,(H,26,29)(H2,21,22,23)/t14-,15+,34?/m1/s1. The number of oxime groups is 1. The molecule has 3 N–H and O–H groups in total. The summed E-state index contributed by atoms with van der Waals surface area (Å²) < 4.78 is 37.1. The van der Waals surface area contributed by atoms with E-state index in [2.05, 4.69) is 25.2 Å². The van der Waals surface area contributed by atoms with E-state index in [1.807, 2.05) is 6.92 Å². The molecule has 0 aliphatic carbocycles. The molecule has 1 fully saturated rings. The van der Waals surface area contributed by atoms with Crippen molar-refractivity contribution in [3.05, 3.63) is 12.7 Å². The van der Waals surface area contributed by atoms with Crippen LogP contribution in [0.25, 0.3) is 11.2 Å². The van der Waals surface area contributed by atoms with E-state index in [4.69, 9.17) is 24.6 Å². The summed E-state index contributed by atoms with van der Waals surface area (Å²) in [5.41, 5.74) is 7.63. The number of nitrogens with zero attached hydrogens (tertiary/aromatic N) is 5. The maximum atomic E-state index is 13.6. The Bertz CT molecular complexity index is 1050. The van der Waals surface area contributed by atoms with Gasteiger partial charge in [0.05, 0.1) is 44.0 Å². The first-order valence-electron chi connectivity index (χ1n) is 11.1. The van der Waals surface area contributed by atoms with Crippen molar-refractivity contribution in [3.63, 3.8) is 0 Å². The zero-order chi connectivity index (χ0) is 24.7. The van der Waals surface area contributed by atoms with Crippen LogP contribution in [0.4, 0.5) is 5.82 Å². The third-order valence-electron chi connectivity index (χ3n) is 4.88. The van der Waals surface area contributed by atoms with Crippen LogP contribution in [0.15, 0.2) is 17.8 Å². The minimum atomic E-state index is -3.71. The number of rotatable bonds is 11. The van der Waals surface area contributed by atoms with Gasteiger partial charge in [0.15, 0.2) is 11.5 Å². The van der Waals surface area contributed by atoms with Crippen LogP contribution in [0.3, 0.4) is 0 Å². The number of carbonyl (C=O) groups is 1. The number of fused-ring (bicyclic) bond motifs is 1. The fourth-order valence-corrected chi connectivity index (χ4v) is 4.74. The van der Waals surface area contributed by atoms with Crippen LogP contribution in [-0.4, -0.2) is 69.0 Å². The predicted molar refractivity (Wildman–Crippen MR) is 125 cm³/mol. The largest absolute Gasteiger partial charge is 0.462 e. The molecule has 0 saturated carbocycles. The van der Waals surface area contributed by atoms with Crippen LogP contribution in [0, 0.1) is 0 Å². The van der Waals surface area contributed by atoms with E-state index >= 15 is 0 Å². The normalized spacial score (nSPS) is 17.9. The molecule has 1 saturated heterocycles. The number of nitrogens with one attached hydrogen (secondary N) is 1. The summed E-state index contributed by atoms with van der Waals surface area (Å²) in [7, 11) is -3.71. The lowest BCUT2D eigenvalue weighted by molar-refractivity contribution is -0.149. The van der Waals surface area contributed by atoms with Gasteiger partial charge in [-0.2, -0.15) is 0 Å². The van der Waals surface area contributed by atoms with Gasteiger partial charge >= 0.3 is 13.5 Å². The third kappa shape index (κ3) is 7.20. The van der Waals surface area contributed by atoms with Crippen molar-refractivity contribution in [1.82, 2.24) is 24.6 Å².